The van der Waals surface area contributed by atoms with Gasteiger partial charge >= 0.3 is 6.03 Å². The van der Waals surface area contributed by atoms with E-state index in [1.807, 2.05) is 31.2 Å². The molecule has 0 bridgehead atoms. The summed E-state index contributed by atoms with van der Waals surface area (Å²) in [5, 5.41) is 7.18. The summed E-state index contributed by atoms with van der Waals surface area (Å²) in [4.78, 5) is 31.8. The topological polar surface area (TPSA) is 89.4 Å². The largest absolute Gasteiger partial charge is 0.325 e. The Balaban J connectivity index is 1.79. The van der Waals surface area contributed by atoms with Crippen LogP contribution in [-0.2, 0) is 4.79 Å². The Kier molecular flexibility index (Phi) is 5.22. The summed E-state index contributed by atoms with van der Waals surface area (Å²) in [6.07, 6.45) is 4.84. The predicted molar refractivity (Wildman–Crippen MR) is 100 cm³/mol. The SMILES string of the molecule is C/C=C/CN1C(N/N=C/c2ccc(Cl)cc2)=NC2C1C(=O)NC(=O)N2C. The number of urea groups is 1. The number of halogens is 1. The van der Waals surface area contributed by atoms with Gasteiger partial charge in [-0.1, -0.05) is 35.9 Å². The minimum Gasteiger partial charge on any atom is -0.322 e. The molecular weight excluding hydrogens is 356 g/mol. The van der Waals surface area contributed by atoms with Crippen molar-refractivity contribution in [1.82, 2.24) is 20.5 Å². The summed E-state index contributed by atoms with van der Waals surface area (Å²) in [6, 6.07) is 6.16. The average Bonchev–Trinajstić information content (AvgIpc) is 2.99. The fourth-order valence-electron chi connectivity index (χ4n) is 2.75. The summed E-state index contributed by atoms with van der Waals surface area (Å²) in [5.74, 6) is 0.0600. The number of aliphatic imine (C=N–C) groups is 1. The number of fused-ring (bicyclic) bond motifs is 1. The van der Waals surface area contributed by atoms with E-state index in [-0.39, 0.29) is 5.91 Å². The molecule has 2 heterocycles. The van der Waals surface area contributed by atoms with Crippen LogP contribution in [0.4, 0.5) is 4.79 Å². The second-order valence-electron chi connectivity index (χ2n) is 5.86. The van der Waals surface area contributed by atoms with E-state index < -0.39 is 18.2 Å². The van der Waals surface area contributed by atoms with Crippen molar-refractivity contribution in [1.29, 1.82) is 0 Å². The van der Waals surface area contributed by atoms with Gasteiger partial charge in [0.1, 0.15) is 0 Å². The number of carbonyl (C=O) groups excluding carboxylic acids is 2. The Labute approximate surface area is 156 Å². The van der Waals surface area contributed by atoms with E-state index in [0.717, 1.165) is 5.56 Å². The molecule has 2 N–H and O–H groups in total. The molecule has 8 nitrogen and oxygen atoms in total. The molecule has 1 aromatic rings. The number of nitrogens with one attached hydrogen (secondary N) is 2. The molecular formula is C17H19ClN6O2. The molecule has 2 unspecified atom stereocenters. The molecule has 0 saturated carbocycles. The van der Waals surface area contributed by atoms with Crippen LogP contribution in [0.15, 0.2) is 46.5 Å². The lowest BCUT2D eigenvalue weighted by Crippen LogP contribution is -2.64. The average molecular weight is 375 g/mol. The molecule has 2 aliphatic rings. The van der Waals surface area contributed by atoms with Gasteiger partial charge in [-0.25, -0.2) is 15.2 Å². The second-order valence-corrected chi connectivity index (χ2v) is 6.30. The maximum Gasteiger partial charge on any atom is 0.325 e. The molecule has 1 aromatic carbocycles. The van der Waals surface area contributed by atoms with Gasteiger partial charge in [-0.3, -0.25) is 10.1 Å². The number of nitrogens with zero attached hydrogens (tertiary/aromatic N) is 4. The molecule has 3 rings (SSSR count). The maximum absolute atomic E-state index is 12.3. The van der Waals surface area contributed by atoms with E-state index in [0.29, 0.717) is 17.5 Å². The highest BCUT2D eigenvalue weighted by Crippen LogP contribution is 2.23. The Bertz CT molecular complexity index is 789. The van der Waals surface area contributed by atoms with E-state index in [1.54, 1.807) is 30.3 Å². The van der Waals surface area contributed by atoms with Crippen LogP contribution in [0.25, 0.3) is 0 Å². The van der Waals surface area contributed by atoms with Crippen molar-refractivity contribution >= 4 is 35.7 Å². The maximum atomic E-state index is 12.3. The van der Waals surface area contributed by atoms with Gasteiger partial charge in [-0.15, -0.1) is 0 Å². The van der Waals surface area contributed by atoms with Crippen molar-refractivity contribution in [2.75, 3.05) is 13.6 Å². The normalized spacial score (nSPS) is 22.8. The van der Waals surface area contributed by atoms with E-state index in [4.69, 9.17) is 11.6 Å². The standard InChI is InChI=1S/C17H19ClN6O2/c1-3-4-9-24-13-14(23(2)17(26)21-15(13)25)20-16(24)22-19-10-11-5-7-12(18)8-6-11/h3-8,10,13-14H,9H2,1-2H3,(H,20,22)(H,21,25,26)/b4-3+,19-10+. The lowest BCUT2D eigenvalue weighted by molar-refractivity contribution is -0.126. The third-order valence-corrected chi connectivity index (χ3v) is 4.40. The molecule has 0 aliphatic carbocycles. The third kappa shape index (κ3) is 3.55. The fourth-order valence-corrected chi connectivity index (χ4v) is 2.88. The van der Waals surface area contributed by atoms with Gasteiger partial charge in [0.15, 0.2) is 12.2 Å². The predicted octanol–water partition coefficient (Wildman–Crippen LogP) is 1.39. The highest BCUT2D eigenvalue weighted by Gasteiger charge is 2.48. The summed E-state index contributed by atoms with van der Waals surface area (Å²) in [7, 11) is 1.61. The smallest absolute Gasteiger partial charge is 0.322 e. The molecule has 136 valence electrons. The minimum absolute atomic E-state index is 0.371. The number of guanidine groups is 1. The zero-order chi connectivity index (χ0) is 18.7. The fraction of sp³-hybridized carbons (Fsp3) is 0.294. The van der Waals surface area contributed by atoms with Gasteiger partial charge in [0.2, 0.25) is 5.96 Å². The monoisotopic (exact) mass is 374 g/mol. The van der Waals surface area contributed by atoms with Gasteiger partial charge < -0.3 is 9.80 Å². The molecule has 3 amide bonds. The van der Waals surface area contributed by atoms with Gasteiger partial charge in [0.25, 0.3) is 5.91 Å². The van der Waals surface area contributed by atoms with Crippen LogP contribution in [0.1, 0.15) is 12.5 Å². The quantitative estimate of drug-likeness (QED) is 0.473. The van der Waals surface area contributed by atoms with E-state index in [1.165, 1.54) is 4.90 Å². The van der Waals surface area contributed by atoms with Crippen LogP contribution in [0.3, 0.4) is 0 Å². The first-order chi connectivity index (χ1) is 12.5. The van der Waals surface area contributed by atoms with Crippen LogP contribution in [0, 0.1) is 0 Å². The van der Waals surface area contributed by atoms with Crippen LogP contribution in [0.2, 0.25) is 5.02 Å². The first-order valence-electron chi connectivity index (χ1n) is 8.09. The highest BCUT2D eigenvalue weighted by molar-refractivity contribution is 6.30. The molecule has 0 spiro atoms. The van der Waals surface area contributed by atoms with Crippen molar-refractivity contribution in [2.24, 2.45) is 10.1 Å². The van der Waals surface area contributed by atoms with Crippen molar-refractivity contribution in [2.45, 2.75) is 19.1 Å². The Morgan fingerprint density at radius 2 is 2.08 bits per heavy atom. The van der Waals surface area contributed by atoms with Crippen LogP contribution >= 0.6 is 11.6 Å². The van der Waals surface area contributed by atoms with Gasteiger partial charge in [-0.2, -0.15) is 5.10 Å². The van der Waals surface area contributed by atoms with Crippen LogP contribution < -0.4 is 10.7 Å². The van der Waals surface area contributed by atoms with Gasteiger partial charge in [-0.05, 0) is 24.6 Å². The Hall–Kier alpha value is -2.87. The van der Waals surface area contributed by atoms with Crippen LogP contribution in [0.5, 0.6) is 0 Å². The summed E-state index contributed by atoms with van der Waals surface area (Å²) >= 11 is 5.86. The zero-order valence-electron chi connectivity index (χ0n) is 14.4. The lowest BCUT2D eigenvalue weighted by atomic mass is 10.1. The number of hydrazone groups is 1. The van der Waals surface area contributed by atoms with Crippen LogP contribution in [-0.4, -0.2) is 59.7 Å². The lowest BCUT2D eigenvalue weighted by Gasteiger charge is -2.35. The highest BCUT2D eigenvalue weighted by atomic mass is 35.5. The number of hydrogen-bond donors (Lipinski definition) is 2. The first-order valence-corrected chi connectivity index (χ1v) is 8.47. The van der Waals surface area contributed by atoms with Crippen molar-refractivity contribution in [3.8, 4) is 0 Å². The van der Waals surface area contributed by atoms with Gasteiger partial charge in [0.05, 0.1) is 6.21 Å². The summed E-state index contributed by atoms with van der Waals surface area (Å²) in [6.45, 7) is 2.36. The van der Waals surface area contributed by atoms with Crippen molar-refractivity contribution < 1.29 is 9.59 Å². The molecule has 9 heteroatoms. The molecule has 0 radical (unpaired) electrons. The Morgan fingerprint density at radius 3 is 2.77 bits per heavy atom. The Morgan fingerprint density at radius 1 is 1.35 bits per heavy atom. The minimum atomic E-state index is -0.595. The van der Waals surface area contributed by atoms with E-state index in [2.05, 4.69) is 20.8 Å². The molecule has 1 saturated heterocycles. The second kappa shape index (κ2) is 7.57. The number of benzene rings is 1. The van der Waals surface area contributed by atoms with Crippen molar-refractivity contribution in [3.63, 3.8) is 0 Å². The number of likely N-dealkylation sites (N-methyl/N-ethyl adjacent to an activating group) is 1. The molecule has 26 heavy (non-hydrogen) atoms. The number of allylic oxidation sites excluding steroid dienone is 1. The summed E-state index contributed by atoms with van der Waals surface area (Å²) in [5.41, 5.74) is 3.74. The molecule has 1 fully saturated rings. The third-order valence-electron chi connectivity index (χ3n) is 4.15. The number of imide groups is 1. The van der Waals surface area contributed by atoms with E-state index in [9.17, 15) is 9.59 Å². The van der Waals surface area contributed by atoms with Crippen molar-refractivity contribution in [3.05, 3.63) is 47.0 Å². The molecule has 2 aliphatic heterocycles. The number of rotatable bonds is 4. The van der Waals surface area contributed by atoms with Gasteiger partial charge in [0, 0.05) is 18.6 Å². The molecule has 0 aromatic heterocycles. The summed E-state index contributed by atoms with van der Waals surface area (Å²) < 4.78 is 0. The molecule has 2 atom stereocenters. The number of amides is 3. The zero-order valence-corrected chi connectivity index (χ0v) is 15.1. The first kappa shape index (κ1) is 17.9. The van der Waals surface area contributed by atoms with E-state index >= 15 is 0 Å². The number of carbonyl (C=O) groups is 2. The number of hydrogen-bond acceptors (Lipinski definition) is 6.